The number of alkyl halides is 3. The lowest BCUT2D eigenvalue weighted by molar-refractivity contribution is -0.137. The van der Waals surface area contributed by atoms with Crippen LogP contribution in [0.5, 0.6) is 0 Å². The first-order chi connectivity index (χ1) is 15.2. The fourth-order valence-electron chi connectivity index (χ4n) is 3.93. The molecule has 1 aliphatic rings. The lowest BCUT2D eigenvalue weighted by Gasteiger charge is -2.41. The smallest absolute Gasteiger partial charge is 0.384 e. The first-order valence-corrected chi connectivity index (χ1v) is 10.3. The van der Waals surface area contributed by atoms with Crippen LogP contribution in [0.4, 0.5) is 24.7 Å². The molecule has 2 aromatic carbocycles. The third-order valence-corrected chi connectivity index (χ3v) is 5.69. The van der Waals surface area contributed by atoms with Crippen molar-refractivity contribution < 1.29 is 18.0 Å². The molecule has 2 heterocycles. The molecule has 1 atom stereocenters. The molecule has 0 aliphatic carbocycles. The Morgan fingerprint density at radius 2 is 1.59 bits per heavy atom. The van der Waals surface area contributed by atoms with Gasteiger partial charge in [-0.25, -0.2) is 4.98 Å². The van der Waals surface area contributed by atoms with E-state index in [0.717, 1.165) is 23.4 Å². The van der Waals surface area contributed by atoms with Crippen LogP contribution in [-0.2, 0) is 6.18 Å². The fourth-order valence-corrected chi connectivity index (χ4v) is 3.93. The number of halogens is 3. The molecule has 5 nitrogen and oxygen atoms in total. The Balaban J connectivity index is 1.42. The Bertz CT molecular complexity index is 1080. The van der Waals surface area contributed by atoms with Crippen molar-refractivity contribution in [3.8, 4) is 11.1 Å². The van der Waals surface area contributed by atoms with Gasteiger partial charge in [0.15, 0.2) is 0 Å². The van der Waals surface area contributed by atoms with Crippen molar-refractivity contribution in [1.82, 2.24) is 9.88 Å². The summed E-state index contributed by atoms with van der Waals surface area (Å²) < 4.78 is 38.3. The predicted octanol–water partition coefficient (Wildman–Crippen LogP) is 4.70. The maximum atomic E-state index is 13.0. The number of rotatable bonds is 3. The molecular weight excluding hydrogens is 417 g/mol. The fraction of sp³-hybridized carbons (Fsp3) is 0.250. The van der Waals surface area contributed by atoms with Gasteiger partial charge in [-0.2, -0.15) is 13.2 Å². The van der Waals surface area contributed by atoms with Crippen molar-refractivity contribution in [1.29, 1.82) is 0 Å². The van der Waals surface area contributed by atoms with Gasteiger partial charge in [0.2, 0.25) is 0 Å². The van der Waals surface area contributed by atoms with Crippen LogP contribution < -0.4 is 10.6 Å². The summed E-state index contributed by atoms with van der Waals surface area (Å²) in [6.45, 7) is 3.89. The van der Waals surface area contributed by atoms with Crippen LogP contribution in [0, 0.1) is 0 Å². The highest BCUT2D eigenvalue weighted by Gasteiger charge is 2.30. The number of piperazine rings is 1. The van der Waals surface area contributed by atoms with E-state index < -0.39 is 11.7 Å². The highest BCUT2D eigenvalue weighted by atomic mass is 19.4. The summed E-state index contributed by atoms with van der Waals surface area (Å²) in [5, 5.41) is 0. The quantitative estimate of drug-likeness (QED) is 0.641. The third-order valence-electron chi connectivity index (χ3n) is 5.69. The van der Waals surface area contributed by atoms with Crippen molar-refractivity contribution in [2.75, 3.05) is 30.3 Å². The van der Waals surface area contributed by atoms with Gasteiger partial charge in [0.1, 0.15) is 5.82 Å². The van der Waals surface area contributed by atoms with Crippen LogP contribution in [0.1, 0.15) is 22.8 Å². The highest BCUT2D eigenvalue weighted by molar-refractivity contribution is 5.95. The summed E-state index contributed by atoms with van der Waals surface area (Å²) >= 11 is 0. The lowest BCUT2D eigenvalue weighted by atomic mass is 10.0. The van der Waals surface area contributed by atoms with Crippen molar-refractivity contribution in [3.05, 3.63) is 78.0 Å². The van der Waals surface area contributed by atoms with E-state index in [4.69, 9.17) is 5.73 Å². The number of aromatic nitrogens is 1. The monoisotopic (exact) mass is 440 g/mol. The number of nitrogens with zero attached hydrogens (tertiary/aromatic N) is 3. The molecule has 0 radical (unpaired) electrons. The summed E-state index contributed by atoms with van der Waals surface area (Å²) in [4.78, 5) is 21.1. The molecule has 1 amide bonds. The first-order valence-electron chi connectivity index (χ1n) is 10.3. The molecule has 3 aromatic rings. The average Bonchev–Trinajstić information content (AvgIpc) is 2.79. The van der Waals surface area contributed by atoms with Gasteiger partial charge in [0, 0.05) is 31.2 Å². The summed E-state index contributed by atoms with van der Waals surface area (Å²) in [5.41, 5.74) is 7.92. The van der Waals surface area contributed by atoms with E-state index in [1.165, 1.54) is 12.1 Å². The van der Waals surface area contributed by atoms with Crippen LogP contribution in [-0.4, -0.2) is 41.5 Å². The summed E-state index contributed by atoms with van der Waals surface area (Å²) in [6.07, 6.45) is -2.62. The molecule has 1 unspecified atom stereocenters. The van der Waals surface area contributed by atoms with E-state index in [1.807, 2.05) is 11.0 Å². The second kappa shape index (κ2) is 8.53. The molecule has 1 aromatic heterocycles. The van der Waals surface area contributed by atoms with Crippen molar-refractivity contribution >= 4 is 17.4 Å². The minimum absolute atomic E-state index is 0.0640. The number of amides is 1. The lowest BCUT2D eigenvalue weighted by Crippen LogP contribution is -2.53. The zero-order chi connectivity index (χ0) is 22.9. The second-order valence-corrected chi connectivity index (χ2v) is 7.89. The summed E-state index contributed by atoms with van der Waals surface area (Å²) in [6, 6.07) is 15.8. The van der Waals surface area contributed by atoms with Crippen molar-refractivity contribution in [2.45, 2.75) is 19.1 Å². The molecule has 8 heteroatoms. The van der Waals surface area contributed by atoms with Crippen molar-refractivity contribution in [2.24, 2.45) is 0 Å². The first kappa shape index (κ1) is 21.7. The normalized spacial score (nSPS) is 16.8. The largest absolute Gasteiger partial charge is 0.416 e. The van der Waals surface area contributed by atoms with E-state index in [-0.39, 0.29) is 11.9 Å². The number of hydrogen-bond donors (Lipinski definition) is 1. The Kier molecular flexibility index (Phi) is 5.78. The van der Waals surface area contributed by atoms with Crippen LogP contribution in [0.3, 0.4) is 0 Å². The molecular formula is C24H23F3N4O. The standard InChI is InChI=1S/C24H23F3N4O/c1-16-15-30(12-13-31(16)21-10-11-22(28)29-14-21)23(32)19-4-2-17(3-5-19)18-6-8-20(9-7-18)24(25,26)27/h2-11,14,16H,12-13,15H2,1H3,(H2,28,29). The number of pyridine rings is 1. The number of nitrogen functional groups attached to an aromatic ring is 1. The van der Waals surface area contributed by atoms with Crippen LogP contribution in [0.15, 0.2) is 66.9 Å². The van der Waals surface area contributed by atoms with E-state index >= 15 is 0 Å². The van der Waals surface area contributed by atoms with E-state index in [2.05, 4.69) is 16.8 Å². The number of hydrogen-bond acceptors (Lipinski definition) is 4. The average molecular weight is 440 g/mol. The molecule has 2 N–H and O–H groups in total. The molecule has 0 bridgehead atoms. The molecule has 4 rings (SSSR count). The summed E-state index contributed by atoms with van der Waals surface area (Å²) in [7, 11) is 0. The maximum absolute atomic E-state index is 13.0. The van der Waals surface area contributed by atoms with Crippen LogP contribution >= 0.6 is 0 Å². The van der Waals surface area contributed by atoms with Crippen LogP contribution in [0.25, 0.3) is 11.1 Å². The van der Waals surface area contributed by atoms with Crippen molar-refractivity contribution in [3.63, 3.8) is 0 Å². The predicted molar refractivity (Wildman–Crippen MR) is 118 cm³/mol. The summed E-state index contributed by atoms with van der Waals surface area (Å²) in [5.74, 6) is 0.404. The Labute approximate surface area is 184 Å². The van der Waals surface area contributed by atoms with Gasteiger partial charge in [0.25, 0.3) is 5.91 Å². The topological polar surface area (TPSA) is 62.5 Å². The molecule has 1 saturated heterocycles. The van der Waals surface area contributed by atoms with E-state index in [1.54, 1.807) is 36.5 Å². The number of carbonyl (C=O) groups excluding carboxylic acids is 1. The maximum Gasteiger partial charge on any atom is 0.416 e. The zero-order valence-electron chi connectivity index (χ0n) is 17.5. The Hall–Kier alpha value is -3.55. The van der Waals surface area contributed by atoms with Gasteiger partial charge in [-0.3, -0.25) is 4.79 Å². The van der Waals surface area contributed by atoms with Gasteiger partial charge in [-0.05, 0) is 54.4 Å². The van der Waals surface area contributed by atoms with Crippen LogP contribution in [0.2, 0.25) is 0 Å². The minimum atomic E-state index is -4.36. The number of carbonyl (C=O) groups is 1. The number of benzene rings is 2. The molecule has 0 saturated carbocycles. The zero-order valence-corrected chi connectivity index (χ0v) is 17.5. The molecule has 0 spiro atoms. The van der Waals surface area contributed by atoms with Gasteiger partial charge in [0.05, 0.1) is 17.4 Å². The highest BCUT2D eigenvalue weighted by Crippen LogP contribution is 2.31. The number of anilines is 2. The van der Waals surface area contributed by atoms with Gasteiger partial charge in [-0.15, -0.1) is 0 Å². The van der Waals surface area contributed by atoms with Gasteiger partial charge in [-0.1, -0.05) is 24.3 Å². The van der Waals surface area contributed by atoms with Gasteiger partial charge >= 0.3 is 6.18 Å². The van der Waals surface area contributed by atoms with E-state index in [9.17, 15) is 18.0 Å². The molecule has 1 aliphatic heterocycles. The minimum Gasteiger partial charge on any atom is -0.384 e. The van der Waals surface area contributed by atoms with E-state index in [0.29, 0.717) is 36.6 Å². The van der Waals surface area contributed by atoms with Gasteiger partial charge < -0.3 is 15.5 Å². The third kappa shape index (κ3) is 4.54. The Morgan fingerprint density at radius 3 is 2.12 bits per heavy atom. The molecule has 1 fully saturated rings. The molecule has 32 heavy (non-hydrogen) atoms. The SMILES string of the molecule is CC1CN(C(=O)c2ccc(-c3ccc(C(F)(F)F)cc3)cc2)CCN1c1ccc(N)nc1. The number of nitrogens with two attached hydrogens (primary N) is 1. The Morgan fingerprint density at radius 1 is 0.969 bits per heavy atom. The second-order valence-electron chi connectivity index (χ2n) is 7.89. The molecule has 166 valence electrons.